The van der Waals surface area contributed by atoms with Crippen LogP contribution in [0.3, 0.4) is 0 Å². The van der Waals surface area contributed by atoms with Gasteiger partial charge in [0, 0.05) is 16.9 Å². The van der Waals surface area contributed by atoms with Crippen LogP contribution in [-0.2, 0) is 5.75 Å². The van der Waals surface area contributed by atoms with Crippen molar-refractivity contribution in [2.45, 2.75) is 10.9 Å². The molecule has 0 fully saturated rings. The first-order valence-electron chi connectivity index (χ1n) is 8.97. The summed E-state index contributed by atoms with van der Waals surface area (Å²) in [6.07, 6.45) is 1.75. The molecule has 0 aliphatic heterocycles. The number of benzene rings is 2. The normalized spacial score (nSPS) is 11.2. The molecule has 0 saturated heterocycles. The van der Waals surface area contributed by atoms with Crippen molar-refractivity contribution in [2.75, 3.05) is 0 Å². The maximum absolute atomic E-state index is 6.08. The Morgan fingerprint density at radius 2 is 1.76 bits per heavy atom. The van der Waals surface area contributed by atoms with Crippen molar-refractivity contribution < 1.29 is 0 Å². The highest BCUT2D eigenvalue weighted by Gasteiger charge is 2.17. The van der Waals surface area contributed by atoms with Crippen LogP contribution in [0.15, 0.2) is 78.1 Å². The van der Waals surface area contributed by atoms with E-state index in [0.717, 1.165) is 33.4 Å². The summed E-state index contributed by atoms with van der Waals surface area (Å²) in [7, 11) is 0. The van der Waals surface area contributed by atoms with Crippen LogP contribution in [0.25, 0.3) is 28.2 Å². The van der Waals surface area contributed by atoms with Gasteiger partial charge in [0.15, 0.2) is 11.0 Å². The van der Waals surface area contributed by atoms with Gasteiger partial charge in [-0.2, -0.15) is 0 Å². The lowest BCUT2D eigenvalue weighted by Gasteiger charge is -2.09. The van der Waals surface area contributed by atoms with E-state index in [1.807, 2.05) is 71.3 Å². The highest BCUT2D eigenvalue weighted by molar-refractivity contribution is 7.98. The number of halogens is 1. The van der Waals surface area contributed by atoms with Crippen molar-refractivity contribution in [3.05, 3.63) is 83.8 Å². The van der Waals surface area contributed by atoms with Gasteiger partial charge in [-0.15, -0.1) is 10.2 Å². The molecule has 6 nitrogen and oxygen atoms in total. The molecule has 5 aromatic rings. The van der Waals surface area contributed by atoms with Crippen molar-refractivity contribution in [1.29, 1.82) is 0 Å². The molecule has 5 rings (SSSR count). The quantitative estimate of drug-likeness (QED) is 0.399. The minimum Gasteiger partial charge on any atom is -0.341 e. The van der Waals surface area contributed by atoms with Gasteiger partial charge in [-0.25, -0.2) is 4.98 Å². The number of nitrogens with one attached hydrogen (secondary N) is 1. The predicted molar refractivity (Wildman–Crippen MR) is 115 cm³/mol. The van der Waals surface area contributed by atoms with E-state index in [1.165, 1.54) is 0 Å². The number of fused-ring (bicyclic) bond motifs is 1. The van der Waals surface area contributed by atoms with E-state index >= 15 is 0 Å². The molecule has 142 valence electrons. The van der Waals surface area contributed by atoms with Crippen LogP contribution in [-0.4, -0.2) is 29.7 Å². The Labute approximate surface area is 176 Å². The van der Waals surface area contributed by atoms with Crippen LogP contribution in [0.1, 0.15) is 5.82 Å². The Kier molecular flexibility index (Phi) is 4.75. The molecule has 3 aromatic heterocycles. The van der Waals surface area contributed by atoms with Gasteiger partial charge in [0.25, 0.3) is 0 Å². The molecule has 0 atom stereocenters. The molecule has 3 heterocycles. The second kappa shape index (κ2) is 7.69. The summed E-state index contributed by atoms with van der Waals surface area (Å²) in [6.45, 7) is 0. The van der Waals surface area contributed by atoms with E-state index < -0.39 is 0 Å². The van der Waals surface area contributed by atoms with Crippen LogP contribution in [0.4, 0.5) is 0 Å². The van der Waals surface area contributed by atoms with Crippen LogP contribution >= 0.6 is 23.4 Å². The maximum Gasteiger partial charge on any atom is 0.196 e. The topological polar surface area (TPSA) is 72.3 Å². The van der Waals surface area contributed by atoms with E-state index in [4.69, 9.17) is 11.6 Å². The molecule has 0 aliphatic carbocycles. The minimum atomic E-state index is 0.641. The molecule has 8 heteroatoms. The number of pyridine rings is 1. The summed E-state index contributed by atoms with van der Waals surface area (Å²) in [6, 6.07) is 21.3. The summed E-state index contributed by atoms with van der Waals surface area (Å²) >= 11 is 7.64. The summed E-state index contributed by atoms with van der Waals surface area (Å²) in [5, 5.41) is 10.3. The number of imidazole rings is 1. The zero-order valence-electron chi connectivity index (χ0n) is 15.2. The fraction of sp³-hybridized carbons (Fsp3) is 0.0476. The SMILES string of the molecule is Clc1ccc(-n2c(SCc3nc4ccccc4[nH]3)nnc2-c2ccccn2)cc1. The van der Waals surface area contributed by atoms with Gasteiger partial charge in [0.1, 0.15) is 11.5 Å². The molecule has 0 bridgehead atoms. The molecule has 0 amide bonds. The van der Waals surface area contributed by atoms with Crippen LogP contribution in [0.2, 0.25) is 5.02 Å². The Hall–Kier alpha value is -3.16. The third-order valence-electron chi connectivity index (χ3n) is 4.39. The van der Waals surface area contributed by atoms with E-state index in [9.17, 15) is 0 Å². The van der Waals surface area contributed by atoms with Gasteiger partial charge in [0.05, 0.1) is 16.8 Å². The lowest BCUT2D eigenvalue weighted by Crippen LogP contribution is -2.00. The van der Waals surface area contributed by atoms with Crippen LogP contribution < -0.4 is 0 Å². The Morgan fingerprint density at radius 3 is 2.55 bits per heavy atom. The number of nitrogens with zero attached hydrogens (tertiary/aromatic N) is 5. The summed E-state index contributed by atoms with van der Waals surface area (Å²) in [5.41, 5.74) is 3.66. The van der Waals surface area contributed by atoms with Gasteiger partial charge in [-0.05, 0) is 48.5 Å². The van der Waals surface area contributed by atoms with E-state index in [0.29, 0.717) is 16.6 Å². The fourth-order valence-corrected chi connectivity index (χ4v) is 4.00. The molecule has 2 aromatic carbocycles. The van der Waals surface area contributed by atoms with E-state index in [2.05, 4.69) is 25.1 Å². The van der Waals surface area contributed by atoms with Crippen LogP contribution in [0, 0.1) is 0 Å². The summed E-state index contributed by atoms with van der Waals surface area (Å²) in [4.78, 5) is 12.4. The lowest BCUT2D eigenvalue weighted by atomic mass is 10.3. The summed E-state index contributed by atoms with van der Waals surface area (Å²) in [5.74, 6) is 2.21. The highest BCUT2D eigenvalue weighted by atomic mass is 35.5. The first-order valence-corrected chi connectivity index (χ1v) is 10.3. The van der Waals surface area contributed by atoms with E-state index in [-0.39, 0.29) is 0 Å². The van der Waals surface area contributed by atoms with Crippen molar-refractivity contribution in [1.82, 2.24) is 29.7 Å². The molecule has 1 N–H and O–H groups in total. The first kappa shape index (κ1) is 17.9. The Morgan fingerprint density at radius 1 is 0.931 bits per heavy atom. The third kappa shape index (κ3) is 3.62. The summed E-state index contributed by atoms with van der Waals surface area (Å²) < 4.78 is 1.99. The second-order valence-corrected chi connectivity index (χ2v) is 7.70. The van der Waals surface area contributed by atoms with Gasteiger partial charge in [-0.1, -0.05) is 41.6 Å². The molecule has 29 heavy (non-hydrogen) atoms. The Balaban J connectivity index is 1.52. The zero-order chi connectivity index (χ0) is 19.6. The monoisotopic (exact) mass is 418 g/mol. The third-order valence-corrected chi connectivity index (χ3v) is 5.58. The van der Waals surface area contributed by atoms with Crippen LogP contribution in [0.5, 0.6) is 0 Å². The molecule has 0 unspecified atom stereocenters. The van der Waals surface area contributed by atoms with Gasteiger partial charge < -0.3 is 4.98 Å². The molecule has 0 radical (unpaired) electrons. The molecular formula is C21H15ClN6S. The fourth-order valence-electron chi connectivity index (χ4n) is 3.05. The largest absolute Gasteiger partial charge is 0.341 e. The predicted octanol–water partition coefficient (Wildman–Crippen LogP) is 5.15. The number of thioether (sulfide) groups is 1. The number of H-pyrrole nitrogens is 1. The van der Waals surface area contributed by atoms with Gasteiger partial charge in [0.2, 0.25) is 0 Å². The van der Waals surface area contributed by atoms with Gasteiger partial charge >= 0.3 is 0 Å². The van der Waals surface area contributed by atoms with E-state index in [1.54, 1.807) is 18.0 Å². The van der Waals surface area contributed by atoms with Crippen molar-refractivity contribution in [3.63, 3.8) is 0 Å². The van der Waals surface area contributed by atoms with Crippen molar-refractivity contribution in [3.8, 4) is 17.2 Å². The standard InChI is InChI=1S/C21H15ClN6S/c22-14-8-10-15(11-9-14)28-20(18-7-3-4-12-23-18)26-27-21(28)29-13-19-24-16-5-1-2-6-17(16)25-19/h1-12H,13H2,(H,24,25). The smallest absolute Gasteiger partial charge is 0.196 e. The molecular weight excluding hydrogens is 404 g/mol. The number of rotatable bonds is 5. The molecule has 0 saturated carbocycles. The second-order valence-electron chi connectivity index (χ2n) is 6.32. The average Bonchev–Trinajstić information content (AvgIpc) is 3.37. The first-order chi connectivity index (χ1) is 14.3. The van der Waals surface area contributed by atoms with Gasteiger partial charge in [-0.3, -0.25) is 9.55 Å². The average molecular weight is 419 g/mol. The molecule has 0 aliphatic rings. The number of hydrogen-bond donors (Lipinski definition) is 1. The number of para-hydroxylation sites is 2. The number of hydrogen-bond acceptors (Lipinski definition) is 5. The number of aromatic amines is 1. The zero-order valence-corrected chi connectivity index (χ0v) is 16.7. The number of aromatic nitrogens is 6. The van der Waals surface area contributed by atoms with Crippen molar-refractivity contribution >= 4 is 34.4 Å². The minimum absolute atomic E-state index is 0.641. The highest BCUT2D eigenvalue weighted by Crippen LogP contribution is 2.29. The molecule has 0 spiro atoms. The Bertz CT molecular complexity index is 1230. The lowest BCUT2D eigenvalue weighted by molar-refractivity contribution is 0.883. The maximum atomic E-state index is 6.08. The van der Waals surface area contributed by atoms with Crippen molar-refractivity contribution in [2.24, 2.45) is 0 Å².